The summed E-state index contributed by atoms with van der Waals surface area (Å²) in [7, 11) is -0.941. The number of aryl methyl sites for hydroxylation is 2. The molecular weight excluding hydrogens is 418 g/mol. The molecule has 2 N–H and O–H groups in total. The zero-order valence-corrected chi connectivity index (χ0v) is 18.7. The van der Waals surface area contributed by atoms with Crippen molar-refractivity contribution in [2.24, 2.45) is 0 Å². The zero-order valence-electron chi connectivity index (χ0n) is 17.9. The van der Waals surface area contributed by atoms with Gasteiger partial charge in [-0.1, -0.05) is 18.2 Å². The second-order valence-electron chi connectivity index (χ2n) is 7.20. The lowest BCUT2D eigenvalue weighted by Crippen LogP contribution is -2.31. The Labute approximate surface area is 180 Å². The highest BCUT2D eigenvalue weighted by Gasteiger charge is 2.25. The first-order chi connectivity index (χ1) is 14.7. The highest BCUT2D eigenvalue weighted by Crippen LogP contribution is 2.29. The fourth-order valence-corrected chi connectivity index (χ4v) is 4.82. The highest BCUT2D eigenvalue weighted by atomic mass is 32.2. The van der Waals surface area contributed by atoms with Gasteiger partial charge in [-0.25, -0.2) is 8.42 Å². The smallest absolute Gasteiger partial charge is 0.264 e. The van der Waals surface area contributed by atoms with Crippen LogP contribution in [-0.2, 0) is 14.8 Å². The number of carbonyl (C=O) groups excluding carboxylic acids is 1. The van der Waals surface area contributed by atoms with Crippen molar-refractivity contribution in [1.82, 2.24) is 10.3 Å². The molecule has 0 unspecified atom stereocenters. The summed E-state index contributed by atoms with van der Waals surface area (Å²) in [6.07, 6.45) is 1.32. The second kappa shape index (κ2) is 8.91. The Balaban J connectivity index is 2.06. The Hall–Kier alpha value is -3.17. The number of pyridine rings is 1. The SMILES string of the molecule is COCCNC(=O)c1c[nH]c2ccc(S(=O)(=O)N(C)c3c(C)cccc3C)cc2c1=O. The Morgan fingerprint density at radius 3 is 2.48 bits per heavy atom. The molecular formula is C22H25N3O5S. The molecule has 2 aromatic carbocycles. The van der Waals surface area contributed by atoms with Crippen LogP contribution in [0.25, 0.3) is 10.9 Å². The van der Waals surface area contributed by atoms with E-state index in [1.165, 1.54) is 42.9 Å². The molecule has 1 aromatic heterocycles. The van der Waals surface area contributed by atoms with Crippen LogP contribution >= 0.6 is 0 Å². The molecule has 0 aliphatic heterocycles. The number of amides is 1. The predicted molar refractivity (Wildman–Crippen MR) is 120 cm³/mol. The van der Waals surface area contributed by atoms with E-state index in [0.29, 0.717) is 17.8 Å². The van der Waals surface area contributed by atoms with Crippen molar-refractivity contribution in [2.75, 3.05) is 31.6 Å². The number of benzene rings is 2. The number of aromatic nitrogens is 1. The van der Waals surface area contributed by atoms with Gasteiger partial charge >= 0.3 is 0 Å². The zero-order chi connectivity index (χ0) is 22.8. The van der Waals surface area contributed by atoms with Gasteiger partial charge in [0.2, 0.25) is 5.43 Å². The second-order valence-corrected chi connectivity index (χ2v) is 9.17. The molecule has 0 aliphatic rings. The molecule has 9 heteroatoms. The number of hydrogen-bond acceptors (Lipinski definition) is 5. The van der Waals surface area contributed by atoms with Gasteiger partial charge in [-0.2, -0.15) is 0 Å². The summed E-state index contributed by atoms with van der Waals surface area (Å²) in [5.74, 6) is -0.555. The van der Waals surface area contributed by atoms with E-state index in [2.05, 4.69) is 10.3 Å². The number of nitrogens with zero attached hydrogens (tertiary/aromatic N) is 1. The van der Waals surface area contributed by atoms with Crippen molar-refractivity contribution in [3.8, 4) is 0 Å². The number of methoxy groups -OCH3 is 1. The highest BCUT2D eigenvalue weighted by molar-refractivity contribution is 7.92. The normalized spacial score (nSPS) is 11.5. The largest absolute Gasteiger partial charge is 0.383 e. The molecule has 8 nitrogen and oxygen atoms in total. The number of H-pyrrole nitrogens is 1. The minimum absolute atomic E-state index is 0.0346. The molecule has 31 heavy (non-hydrogen) atoms. The average molecular weight is 444 g/mol. The summed E-state index contributed by atoms with van der Waals surface area (Å²) in [6, 6.07) is 9.82. The summed E-state index contributed by atoms with van der Waals surface area (Å²) in [4.78, 5) is 28.1. The van der Waals surface area contributed by atoms with Crippen molar-refractivity contribution in [2.45, 2.75) is 18.7 Å². The van der Waals surface area contributed by atoms with Crippen molar-refractivity contribution in [3.05, 3.63) is 69.5 Å². The van der Waals surface area contributed by atoms with Crippen molar-refractivity contribution in [3.63, 3.8) is 0 Å². The summed E-state index contributed by atoms with van der Waals surface area (Å²) in [6.45, 7) is 4.24. The lowest BCUT2D eigenvalue weighted by molar-refractivity contribution is 0.0936. The van der Waals surface area contributed by atoms with E-state index in [1.807, 2.05) is 32.0 Å². The minimum Gasteiger partial charge on any atom is -0.383 e. The first-order valence-corrected chi connectivity index (χ1v) is 11.1. The van der Waals surface area contributed by atoms with Crippen LogP contribution in [0.3, 0.4) is 0 Å². The third-order valence-corrected chi connectivity index (χ3v) is 6.85. The van der Waals surface area contributed by atoms with E-state index in [4.69, 9.17) is 4.74 Å². The van der Waals surface area contributed by atoms with Crippen molar-refractivity contribution < 1.29 is 17.9 Å². The van der Waals surface area contributed by atoms with E-state index in [1.54, 1.807) is 0 Å². The van der Waals surface area contributed by atoms with Gasteiger partial charge in [-0.3, -0.25) is 13.9 Å². The third-order valence-electron chi connectivity index (χ3n) is 5.10. The summed E-state index contributed by atoms with van der Waals surface area (Å²) in [5.41, 5.74) is 2.02. The molecule has 0 aliphatic carbocycles. The van der Waals surface area contributed by atoms with Crippen LogP contribution < -0.4 is 15.1 Å². The van der Waals surface area contributed by atoms with E-state index in [-0.39, 0.29) is 22.4 Å². The van der Waals surface area contributed by atoms with Gasteiger partial charge in [0.1, 0.15) is 5.56 Å². The molecule has 1 heterocycles. The molecule has 0 spiro atoms. The fourth-order valence-electron chi connectivity index (χ4n) is 3.47. The van der Waals surface area contributed by atoms with Crippen molar-refractivity contribution in [1.29, 1.82) is 0 Å². The quantitative estimate of drug-likeness (QED) is 0.545. The molecule has 164 valence electrons. The number of sulfonamides is 1. The lowest BCUT2D eigenvalue weighted by Gasteiger charge is -2.23. The van der Waals surface area contributed by atoms with Gasteiger partial charge in [0, 0.05) is 37.8 Å². The van der Waals surface area contributed by atoms with Crippen LogP contribution in [0.5, 0.6) is 0 Å². The minimum atomic E-state index is -3.93. The number of carbonyl (C=O) groups is 1. The van der Waals surface area contributed by atoms with Gasteiger partial charge in [0.25, 0.3) is 15.9 Å². The van der Waals surface area contributed by atoms with Crippen LogP contribution in [0.15, 0.2) is 52.3 Å². The Morgan fingerprint density at radius 2 is 1.84 bits per heavy atom. The Kier molecular flexibility index (Phi) is 6.47. The number of hydrogen-bond donors (Lipinski definition) is 2. The molecule has 3 rings (SSSR count). The molecule has 0 radical (unpaired) electrons. The monoisotopic (exact) mass is 443 g/mol. The number of anilines is 1. The van der Waals surface area contributed by atoms with Crippen LogP contribution in [-0.4, -0.2) is 46.6 Å². The average Bonchev–Trinajstić information content (AvgIpc) is 2.73. The van der Waals surface area contributed by atoms with Gasteiger partial charge in [-0.05, 0) is 43.2 Å². The van der Waals surface area contributed by atoms with Crippen LogP contribution in [0.2, 0.25) is 0 Å². The van der Waals surface area contributed by atoms with E-state index in [0.717, 1.165) is 11.1 Å². The molecule has 0 atom stereocenters. The van der Waals surface area contributed by atoms with Gasteiger partial charge in [0.15, 0.2) is 0 Å². The van der Waals surface area contributed by atoms with E-state index >= 15 is 0 Å². The predicted octanol–water partition coefficient (Wildman–Crippen LogP) is 2.35. The standard InChI is InChI=1S/C22H25N3O5S/c1-14-6-5-7-15(2)20(14)25(3)31(28,29)16-8-9-19-17(12-16)21(26)18(13-24-19)22(27)23-10-11-30-4/h5-9,12-13H,10-11H2,1-4H3,(H,23,27)(H,24,26). The Morgan fingerprint density at radius 1 is 1.16 bits per heavy atom. The number of rotatable bonds is 7. The number of fused-ring (bicyclic) bond motifs is 1. The number of para-hydroxylation sites is 1. The third kappa shape index (κ3) is 4.33. The van der Waals surface area contributed by atoms with Gasteiger partial charge in [0.05, 0.1) is 17.2 Å². The summed E-state index contributed by atoms with van der Waals surface area (Å²) in [5, 5.41) is 2.71. The van der Waals surface area contributed by atoms with Crippen molar-refractivity contribution >= 4 is 32.5 Å². The Bertz CT molecular complexity index is 1280. The van der Waals surface area contributed by atoms with Crippen LogP contribution in [0.4, 0.5) is 5.69 Å². The summed E-state index contributed by atoms with van der Waals surface area (Å²) >= 11 is 0. The maximum absolute atomic E-state index is 13.3. The first-order valence-electron chi connectivity index (χ1n) is 9.66. The maximum Gasteiger partial charge on any atom is 0.264 e. The number of ether oxygens (including phenoxy) is 1. The number of aromatic amines is 1. The lowest BCUT2D eigenvalue weighted by atomic mass is 10.1. The molecule has 3 aromatic rings. The fraction of sp³-hybridized carbons (Fsp3) is 0.273. The van der Waals surface area contributed by atoms with E-state index < -0.39 is 21.4 Å². The molecule has 0 saturated carbocycles. The molecule has 0 saturated heterocycles. The topological polar surface area (TPSA) is 109 Å². The molecule has 1 amide bonds. The summed E-state index contributed by atoms with van der Waals surface area (Å²) < 4.78 is 32.7. The van der Waals surface area contributed by atoms with Gasteiger partial charge < -0.3 is 15.0 Å². The van der Waals surface area contributed by atoms with Crippen LogP contribution in [0, 0.1) is 13.8 Å². The molecule has 0 fully saturated rings. The van der Waals surface area contributed by atoms with E-state index in [9.17, 15) is 18.0 Å². The van der Waals surface area contributed by atoms with Gasteiger partial charge in [-0.15, -0.1) is 0 Å². The molecule has 0 bridgehead atoms. The maximum atomic E-state index is 13.3. The number of nitrogens with one attached hydrogen (secondary N) is 2. The first kappa shape index (κ1) is 22.5. The van der Waals surface area contributed by atoms with Crippen LogP contribution in [0.1, 0.15) is 21.5 Å².